The summed E-state index contributed by atoms with van der Waals surface area (Å²) in [5, 5.41) is 0. The molecule has 1 saturated carbocycles. The predicted octanol–water partition coefficient (Wildman–Crippen LogP) is 5.74. The zero-order chi connectivity index (χ0) is 18.4. The minimum absolute atomic E-state index is 0.0915. The van der Waals surface area contributed by atoms with Gasteiger partial charge in [-0.25, -0.2) is 4.39 Å². The minimum Gasteiger partial charge on any atom is -0.491 e. The number of ether oxygens (including phenoxy) is 2. The van der Waals surface area contributed by atoms with E-state index < -0.39 is 35.2 Å². The average molecular weight is 366 g/mol. The van der Waals surface area contributed by atoms with E-state index in [9.17, 15) is 22.0 Å². The Kier molecular flexibility index (Phi) is 7.04. The van der Waals surface area contributed by atoms with E-state index in [4.69, 9.17) is 9.47 Å². The van der Waals surface area contributed by atoms with Crippen molar-refractivity contribution in [3.05, 3.63) is 29.3 Å². The lowest BCUT2D eigenvalue weighted by Gasteiger charge is -2.31. The second kappa shape index (κ2) is 8.83. The van der Waals surface area contributed by atoms with E-state index in [-0.39, 0.29) is 13.3 Å². The molecule has 25 heavy (non-hydrogen) atoms. The third-order valence-corrected chi connectivity index (χ3v) is 4.51. The molecule has 0 spiro atoms. The first kappa shape index (κ1) is 19.9. The first-order valence-electron chi connectivity index (χ1n) is 8.61. The number of hydrogen-bond donors (Lipinski definition) is 0. The van der Waals surface area contributed by atoms with Crippen LogP contribution in [0.4, 0.5) is 22.0 Å². The Labute approximate surface area is 144 Å². The smallest absolute Gasteiger partial charge is 0.386 e. The molecule has 0 N–H and O–H groups in total. The molecule has 0 aliphatic heterocycles. The molecule has 0 aromatic heterocycles. The Balaban J connectivity index is 2.01. The zero-order valence-corrected chi connectivity index (χ0v) is 14.2. The van der Waals surface area contributed by atoms with Gasteiger partial charge in [0.25, 0.3) is 0 Å². The van der Waals surface area contributed by atoms with Crippen molar-refractivity contribution in [1.82, 2.24) is 0 Å². The molecular formula is C18H23F5O2. The first-order chi connectivity index (χ1) is 11.9. The SMILES string of the molecule is CCOc1ccc(C(F)(F)OC2CCC(CCCF)CC2)c(F)c1F. The summed E-state index contributed by atoms with van der Waals surface area (Å²) in [7, 11) is 0. The number of hydrogen-bond acceptors (Lipinski definition) is 2. The molecule has 7 heteroatoms. The largest absolute Gasteiger partial charge is 0.491 e. The molecule has 1 aliphatic carbocycles. The van der Waals surface area contributed by atoms with E-state index in [1.807, 2.05) is 0 Å². The van der Waals surface area contributed by atoms with Crippen molar-refractivity contribution in [2.45, 2.75) is 57.7 Å². The van der Waals surface area contributed by atoms with Gasteiger partial charge in [-0.2, -0.15) is 13.2 Å². The molecule has 0 radical (unpaired) electrons. The quantitative estimate of drug-likeness (QED) is 0.547. The first-order valence-corrected chi connectivity index (χ1v) is 8.61. The molecule has 142 valence electrons. The topological polar surface area (TPSA) is 18.5 Å². The summed E-state index contributed by atoms with van der Waals surface area (Å²) in [5.74, 6) is -3.21. The van der Waals surface area contributed by atoms with Crippen molar-refractivity contribution in [1.29, 1.82) is 0 Å². The Bertz CT molecular complexity index is 557. The molecule has 0 amide bonds. The molecule has 2 rings (SSSR count). The Morgan fingerprint density at radius 2 is 1.76 bits per heavy atom. The molecule has 0 saturated heterocycles. The second-order valence-electron chi connectivity index (χ2n) is 6.28. The lowest BCUT2D eigenvalue weighted by atomic mass is 9.84. The highest BCUT2D eigenvalue weighted by Crippen LogP contribution is 2.39. The van der Waals surface area contributed by atoms with Gasteiger partial charge < -0.3 is 9.47 Å². The number of alkyl halides is 3. The van der Waals surface area contributed by atoms with Crippen LogP contribution in [0.5, 0.6) is 5.75 Å². The zero-order valence-electron chi connectivity index (χ0n) is 14.2. The van der Waals surface area contributed by atoms with Crippen LogP contribution in [0.1, 0.15) is 51.0 Å². The van der Waals surface area contributed by atoms with Crippen LogP contribution >= 0.6 is 0 Å². The van der Waals surface area contributed by atoms with Gasteiger partial charge in [0.05, 0.1) is 24.9 Å². The maximum atomic E-state index is 14.3. The van der Waals surface area contributed by atoms with E-state index in [0.29, 0.717) is 38.0 Å². The van der Waals surface area contributed by atoms with Crippen molar-refractivity contribution in [3.63, 3.8) is 0 Å². The van der Waals surface area contributed by atoms with Gasteiger partial charge in [-0.05, 0) is 63.5 Å². The highest BCUT2D eigenvalue weighted by Gasteiger charge is 2.41. The maximum Gasteiger partial charge on any atom is 0.386 e. The molecule has 1 aromatic rings. The van der Waals surface area contributed by atoms with E-state index in [1.54, 1.807) is 6.92 Å². The van der Waals surface area contributed by atoms with Crippen LogP contribution in [0.25, 0.3) is 0 Å². The summed E-state index contributed by atoms with van der Waals surface area (Å²) in [6.07, 6.45) is -1.32. The average Bonchev–Trinajstić information content (AvgIpc) is 2.58. The third-order valence-electron chi connectivity index (χ3n) is 4.51. The number of rotatable bonds is 8. The number of benzene rings is 1. The fourth-order valence-corrected chi connectivity index (χ4v) is 3.20. The van der Waals surface area contributed by atoms with Crippen LogP contribution in [0.15, 0.2) is 12.1 Å². The Morgan fingerprint density at radius 1 is 1.08 bits per heavy atom. The highest BCUT2D eigenvalue weighted by atomic mass is 19.3. The van der Waals surface area contributed by atoms with E-state index >= 15 is 0 Å². The third kappa shape index (κ3) is 5.06. The molecular weight excluding hydrogens is 343 g/mol. The monoisotopic (exact) mass is 366 g/mol. The van der Waals surface area contributed by atoms with Crippen LogP contribution in [0.3, 0.4) is 0 Å². The van der Waals surface area contributed by atoms with Crippen molar-refractivity contribution in [2.75, 3.05) is 13.3 Å². The lowest BCUT2D eigenvalue weighted by molar-refractivity contribution is -0.279. The summed E-state index contributed by atoms with van der Waals surface area (Å²) in [6.45, 7) is 1.29. The van der Waals surface area contributed by atoms with Crippen LogP contribution in [-0.2, 0) is 10.8 Å². The molecule has 2 nitrogen and oxygen atoms in total. The molecule has 1 aromatic carbocycles. The van der Waals surface area contributed by atoms with Crippen LogP contribution < -0.4 is 4.74 Å². The molecule has 0 bridgehead atoms. The van der Waals surface area contributed by atoms with Crippen molar-refractivity contribution in [2.24, 2.45) is 5.92 Å². The van der Waals surface area contributed by atoms with Gasteiger partial charge in [-0.1, -0.05) is 0 Å². The van der Waals surface area contributed by atoms with Gasteiger partial charge in [-0.15, -0.1) is 0 Å². The van der Waals surface area contributed by atoms with E-state index in [0.717, 1.165) is 18.6 Å². The number of halogens is 5. The van der Waals surface area contributed by atoms with Crippen LogP contribution in [-0.4, -0.2) is 19.4 Å². The fraction of sp³-hybridized carbons (Fsp3) is 0.667. The minimum atomic E-state index is -3.92. The van der Waals surface area contributed by atoms with Crippen LogP contribution in [0.2, 0.25) is 0 Å². The van der Waals surface area contributed by atoms with Gasteiger partial charge in [0, 0.05) is 0 Å². The maximum absolute atomic E-state index is 14.3. The van der Waals surface area contributed by atoms with Crippen molar-refractivity contribution < 1.29 is 31.4 Å². The van der Waals surface area contributed by atoms with Crippen molar-refractivity contribution >= 4 is 0 Å². The van der Waals surface area contributed by atoms with Gasteiger partial charge in [0.1, 0.15) is 0 Å². The summed E-state index contributed by atoms with van der Waals surface area (Å²) < 4.78 is 78.2. The predicted molar refractivity (Wildman–Crippen MR) is 83.5 cm³/mol. The normalized spacial score (nSPS) is 21.4. The molecule has 0 atom stereocenters. The van der Waals surface area contributed by atoms with Gasteiger partial charge in [0.2, 0.25) is 5.82 Å². The van der Waals surface area contributed by atoms with E-state index in [2.05, 4.69) is 0 Å². The Hall–Kier alpha value is -1.37. The highest BCUT2D eigenvalue weighted by molar-refractivity contribution is 5.32. The second-order valence-corrected chi connectivity index (χ2v) is 6.28. The molecule has 1 aliphatic rings. The van der Waals surface area contributed by atoms with Gasteiger partial charge in [0.15, 0.2) is 11.6 Å². The Morgan fingerprint density at radius 3 is 2.36 bits per heavy atom. The summed E-state index contributed by atoms with van der Waals surface area (Å²) in [4.78, 5) is 0. The molecule has 0 heterocycles. The van der Waals surface area contributed by atoms with Crippen molar-refractivity contribution in [3.8, 4) is 5.75 Å². The van der Waals surface area contributed by atoms with Crippen LogP contribution in [0, 0.1) is 17.6 Å². The lowest BCUT2D eigenvalue weighted by Crippen LogP contribution is -2.30. The summed E-state index contributed by atoms with van der Waals surface area (Å²) in [5.41, 5.74) is -1.13. The van der Waals surface area contributed by atoms with Gasteiger partial charge in [-0.3, -0.25) is 4.39 Å². The summed E-state index contributed by atoms with van der Waals surface area (Å²) in [6, 6.07) is 1.76. The molecule has 0 unspecified atom stereocenters. The fourth-order valence-electron chi connectivity index (χ4n) is 3.20. The van der Waals surface area contributed by atoms with Gasteiger partial charge >= 0.3 is 6.11 Å². The molecule has 1 fully saturated rings. The summed E-state index contributed by atoms with van der Waals surface area (Å²) >= 11 is 0. The standard InChI is InChI=1S/C18H23F5O2/c1-2-24-15-10-9-14(16(20)17(15)21)18(22,23)25-13-7-5-12(6-8-13)4-3-11-19/h9-10,12-13H,2-8,11H2,1H3. The van der Waals surface area contributed by atoms with E-state index in [1.165, 1.54) is 0 Å².